The zero-order chi connectivity index (χ0) is 13.1. The zero-order valence-corrected chi connectivity index (χ0v) is 10.3. The third-order valence-electron chi connectivity index (χ3n) is 3.60. The molecule has 2 rings (SSSR count). The van der Waals surface area contributed by atoms with E-state index < -0.39 is 5.97 Å². The number of aliphatic carboxylic acids is 1. The number of carbonyl (C=O) groups is 3. The van der Waals surface area contributed by atoms with Crippen LogP contribution in [-0.2, 0) is 14.4 Å². The summed E-state index contributed by atoms with van der Waals surface area (Å²) in [6, 6.07) is 0. The van der Waals surface area contributed by atoms with Crippen molar-refractivity contribution in [3.63, 3.8) is 0 Å². The van der Waals surface area contributed by atoms with Crippen LogP contribution in [0.4, 0.5) is 0 Å². The van der Waals surface area contributed by atoms with E-state index in [1.54, 1.807) is 9.80 Å². The molecule has 0 aromatic carbocycles. The second kappa shape index (κ2) is 5.37. The first kappa shape index (κ1) is 12.9. The highest BCUT2D eigenvalue weighted by atomic mass is 16.4. The van der Waals surface area contributed by atoms with Gasteiger partial charge in [0.15, 0.2) is 0 Å². The summed E-state index contributed by atoms with van der Waals surface area (Å²) in [6.45, 7) is 1.93. The molecule has 18 heavy (non-hydrogen) atoms. The molecule has 6 nitrogen and oxygen atoms in total. The molecule has 0 bridgehead atoms. The Labute approximate surface area is 106 Å². The molecule has 2 aliphatic rings. The quantitative estimate of drug-likeness (QED) is 0.762. The smallest absolute Gasteiger partial charge is 0.303 e. The van der Waals surface area contributed by atoms with Crippen LogP contribution in [0.25, 0.3) is 0 Å². The standard InChI is InChI=1S/C12H18N2O4/c15-10-2-1-4-13(10)8-11(16)14-5-3-9(7-14)6-12(17)18/h9H,1-8H2,(H,17,18). The summed E-state index contributed by atoms with van der Waals surface area (Å²) in [5, 5.41) is 8.71. The maximum atomic E-state index is 12.0. The van der Waals surface area contributed by atoms with Crippen molar-refractivity contribution in [1.82, 2.24) is 9.80 Å². The van der Waals surface area contributed by atoms with Crippen LogP contribution in [0.15, 0.2) is 0 Å². The molecule has 2 heterocycles. The molecule has 0 saturated carbocycles. The molecule has 2 saturated heterocycles. The fourth-order valence-electron chi connectivity index (χ4n) is 2.61. The second-order valence-corrected chi connectivity index (χ2v) is 5.01. The van der Waals surface area contributed by atoms with Gasteiger partial charge in [0.25, 0.3) is 0 Å². The lowest BCUT2D eigenvalue weighted by molar-refractivity contribution is -0.139. The summed E-state index contributed by atoms with van der Waals surface area (Å²) in [4.78, 5) is 37.2. The molecule has 2 aliphatic heterocycles. The van der Waals surface area contributed by atoms with Crippen LogP contribution < -0.4 is 0 Å². The van der Waals surface area contributed by atoms with Crippen LogP contribution in [0.5, 0.6) is 0 Å². The third kappa shape index (κ3) is 3.00. The summed E-state index contributed by atoms with van der Waals surface area (Å²) in [6.07, 6.45) is 2.22. The maximum absolute atomic E-state index is 12.0. The van der Waals surface area contributed by atoms with Crippen molar-refractivity contribution >= 4 is 17.8 Å². The number of rotatable bonds is 4. The minimum Gasteiger partial charge on any atom is -0.481 e. The Bertz CT molecular complexity index is 369. The Morgan fingerprint density at radius 2 is 2.11 bits per heavy atom. The van der Waals surface area contributed by atoms with Gasteiger partial charge in [-0.15, -0.1) is 0 Å². The number of carboxylic acid groups (broad SMARTS) is 1. The van der Waals surface area contributed by atoms with Gasteiger partial charge in [0, 0.05) is 32.5 Å². The highest BCUT2D eigenvalue weighted by Crippen LogP contribution is 2.20. The SMILES string of the molecule is O=C(O)CC1CCN(C(=O)CN2CCCC2=O)C1. The molecule has 2 amide bonds. The van der Waals surface area contributed by atoms with E-state index in [4.69, 9.17) is 5.11 Å². The van der Waals surface area contributed by atoms with E-state index in [2.05, 4.69) is 0 Å². The van der Waals surface area contributed by atoms with Crippen LogP contribution in [0.2, 0.25) is 0 Å². The van der Waals surface area contributed by atoms with Gasteiger partial charge in [0.2, 0.25) is 11.8 Å². The van der Waals surface area contributed by atoms with Gasteiger partial charge in [-0.3, -0.25) is 14.4 Å². The molecule has 0 aromatic rings. The summed E-state index contributed by atoms with van der Waals surface area (Å²) in [5.74, 6) is -0.771. The molecule has 0 radical (unpaired) electrons. The predicted molar refractivity (Wildman–Crippen MR) is 62.8 cm³/mol. The van der Waals surface area contributed by atoms with Gasteiger partial charge in [-0.1, -0.05) is 0 Å². The summed E-state index contributed by atoms with van der Waals surface area (Å²) in [5.41, 5.74) is 0. The Hall–Kier alpha value is -1.59. The van der Waals surface area contributed by atoms with Gasteiger partial charge in [0.1, 0.15) is 0 Å². The Morgan fingerprint density at radius 3 is 2.72 bits per heavy atom. The maximum Gasteiger partial charge on any atom is 0.303 e. The lowest BCUT2D eigenvalue weighted by Crippen LogP contribution is -2.39. The molecule has 0 spiro atoms. The second-order valence-electron chi connectivity index (χ2n) is 5.01. The molecular weight excluding hydrogens is 236 g/mol. The van der Waals surface area contributed by atoms with E-state index in [1.807, 2.05) is 0 Å². The van der Waals surface area contributed by atoms with Crippen LogP contribution in [-0.4, -0.2) is 58.9 Å². The van der Waals surface area contributed by atoms with Crippen molar-refractivity contribution in [1.29, 1.82) is 0 Å². The summed E-state index contributed by atoms with van der Waals surface area (Å²) in [7, 11) is 0. The van der Waals surface area contributed by atoms with Crippen LogP contribution in [0.1, 0.15) is 25.7 Å². The average molecular weight is 254 g/mol. The minimum absolute atomic E-state index is 0.0460. The number of hydrogen-bond acceptors (Lipinski definition) is 3. The fraction of sp³-hybridized carbons (Fsp3) is 0.750. The molecule has 1 N–H and O–H groups in total. The van der Waals surface area contributed by atoms with Crippen molar-refractivity contribution in [2.24, 2.45) is 5.92 Å². The molecule has 0 aliphatic carbocycles. The van der Waals surface area contributed by atoms with Gasteiger partial charge in [0.05, 0.1) is 6.54 Å². The van der Waals surface area contributed by atoms with E-state index in [9.17, 15) is 14.4 Å². The lowest BCUT2D eigenvalue weighted by atomic mass is 10.1. The number of nitrogens with zero attached hydrogens (tertiary/aromatic N) is 2. The predicted octanol–water partition coefficient (Wildman–Crippen LogP) is -0.0680. The summed E-state index contributed by atoms with van der Waals surface area (Å²) < 4.78 is 0. The van der Waals surface area contributed by atoms with Gasteiger partial charge in [-0.2, -0.15) is 0 Å². The van der Waals surface area contributed by atoms with Crippen LogP contribution in [0.3, 0.4) is 0 Å². The summed E-state index contributed by atoms with van der Waals surface area (Å²) >= 11 is 0. The molecular formula is C12H18N2O4. The topological polar surface area (TPSA) is 77.9 Å². The van der Waals surface area contributed by atoms with Crippen LogP contribution in [0, 0.1) is 5.92 Å². The van der Waals surface area contributed by atoms with Crippen molar-refractivity contribution in [2.45, 2.75) is 25.7 Å². The van der Waals surface area contributed by atoms with Crippen molar-refractivity contribution < 1.29 is 19.5 Å². The number of hydrogen-bond donors (Lipinski definition) is 1. The largest absolute Gasteiger partial charge is 0.481 e. The van der Waals surface area contributed by atoms with Crippen LogP contribution >= 0.6 is 0 Å². The Morgan fingerprint density at radius 1 is 1.33 bits per heavy atom. The highest BCUT2D eigenvalue weighted by Gasteiger charge is 2.30. The van der Waals surface area contributed by atoms with E-state index in [0.29, 0.717) is 26.1 Å². The number of carboxylic acids is 1. The van der Waals surface area contributed by atoms with E-state index in [1.165, 1.54) is 0 Å². The lowest BCUT2D eigenvalue weighted by Gasteiger charge is -2.21. The third-order valence-corrected chi connectivity index (χ3v) is 3.60. The number of likely N-dealkylation sites (tertiary alicyclic amines) is 2. The Balaban J connectivity index is 1.80. The normalized spacial score (nSPS) is 23.8. The molecule has 0 aromatic heterocycles. The van der Waals surface area contributed by atoms with Gasteiger partial charge < -0.3 is 14.9 Å². The van der Waals surface area contributed by atoms with E-state index in [0.717, 1.165) is 12.8 Å². The zero-order valence-electron chi connectivity index (χ0n) is 10.3. The van der Waals surface area contributed by atoms with Crippen molar-refractivity contribution in [3.8, 4) is 0 Å². The van der Waals surface area contributed by atoms with Gasteiger partial charge in [-0.25, -0.2) is 0 Å². The number of carbonyl (C=O) groups excluding carboxylic acids is 2. The molecule has 2 fully saturated rings. The highest BCUT2D eigenvalue weighted by molar-refractivity contribution is 5.86. The Kier molecular flexibility index (Phi) is 3.84. The monoisotopic (exact) mass is 254 g/mol. The molecule has 100 valence electrons. The molecule has 1 unspecified atom stereocenters. The van der Waals surface area contributed by atoms with Crippen molar-refractivity contribution in [2.75, 3.05) is 26.2 Å². The first-order chi connectivity index (χ1) is 8.56. The first-order valence-electron chi connectivity index (χ1n) is 6.33. The minimum atomic E-state index is -0.816. The number of amides is 2. The van der Waals surface area contributed by atoms with Gasteiger partial charge in [-0.05, 0) is 18.8 Å². The van der Waals surface area contributed by atoms with E-state index in [-0.39, 0.29) is 30.7 Å². The van der Waals surface area contributed by atoms with Gasteiger partial charge >= 0.3 is 5.97 Å². The fourth-order valence-corrected chi connectivity index (χ4v) is 2.61. The first-order valence-corrected chi connectivity index (χ1v) is 6.33. The average Bonchev–Trinajstić information content (AvgIpc) is 2.88. The molecule has 6 heteroatoms. The van der Waals surface area contributed by atoms with E-state index >= 15 is 0 Å². The van der Waals surface area contributed by atoms with Crippen molar-refractivity contribution in [3.05, 3.63) is 0 Å². The molecule has 1 atom stereocenters.